The Morgan fingerprint density at radius 2 is 1.78 bits per heavy atom. The maximum Gasteiger partial charge on any atom is 0.272 e. The van der Waals surface area contributed by atoms with Crippen molar-refractivity contribution in [1.29, 1.82) is 0 Å². The molecule has 3 aromatic rings. The van der Waals surface area contributed by atoms with Crippen LogP contribution in [0.15, 0.2) is 60.0 Å². The molecule has 1 aliphatic heterocycles. The van der Waals surface area contributed by atoms with E-state index in [1.165, 1.54) is 0 Å². The average Bonchev–Trinajstić information content (AvgIpc) is 3.30. The van der Waals surface area contributed by atoms with Crippen LogP contribution in [0.1, 0.15) is 41.1 Å². The van der Waals surface area contributed by atoms with Gasteiger partial charge in [-0.3, -0.25) is 4.79 Å². The standard InChI is InChI=1S/C24H25Cl3N4O4S/c1-31-14-29-30-23(31)36-13-19-10-20(17-6-4-16(12-32)5-7-17)35-21(34-19)18-8-2-15(3-9-18)11-28-22(33)24(25,26)27/h2-9,14,19-21,32H,10-13H2,1H3,(H,28,33)/t19-,20+,21+/m1/s1. The lowest BCUT2D eigenvalue weighted by Gasteiger charge is -2.36. The van der Waals surface area contributed by atoms with Crippen molar-refractivity contribution in [3.05, 3.63) is 77.1 Å². The molecule has 0 saturated carbocycles. The van der Waals surface area contributed by atoms with Gasteiger partial charge in [-0.2, -0.15) is 0 Å². The van der Waals surface area contributed by atoms with Gasteiger partial charge in [0.2, 0.25) is 0 Å². The predicted molar refractivity (Wildman–Crippen MR) is 139 cm³/mol. The zero-order chi connectivity index (χ0) is 25.7. The molecule has 0 radical (unpaired) electrons. The molecular weight excluding hydrogens is 547 g/mol. The number of benzene rings is 2. The molecule has 2 aromatic carbocycles. The van der Waals surface area contributed by atoms with Crippen LogP contribution in [0.25, 0.3) is 0 Å². The Kier molecular flexibility index (Phi) is 9.16. The lowest BCUT2D eigenvalue weighted by atomic mass is 10.0. The molecule has 1 aromatic heterocycles. The highest BCUT2D eigenvalue weighted by Crippen LogP contribution is 2.39. The summed E-state index contributed by atoms with van der Waals surface area (Å²) in [5.41, 5.74) is 3.54. The van der Waals surface area contributed by atoms with Crippen LogP contribution < -0.4 is 5.32 Å². The molecule has 1 aliphatic rings. The van der Waals surface area contributed by atoms with Gasteiger partial charge in [0, 0.05) is 31.3 Å². The van der Waals surface area contributed by atoms with Crippen molar-refractivity contribution in [2.45, 2.75) is 47.0 Å². The molecule has 2 N–H and O–H groups in total. The van der Waals surface area contributed by atoms with Crippen molar-refractivity contribution in [3.8, 4) is 0 Å². The number of amides is 1. The Labute approximate surface area is 228 Å². The molecule has 192 valence electrons. The van der Waals surface area contributed by atoms with Gasteiger partial charge in [0.1, 0.15) is 6.33 Å². The second-order valence-electron chi connectivity index (χ2n) is 8.31. The predicted octanol–water partition coefficient (Wildman–Crippen LogP) is 4.63. The van der Waals surface area contributed by atoms with Crippen LogP contribution in [0.3, 0.4) is 0 Å². The van der Waals surface area contributed by atoms with Crippen LogP contribution in [0.5, 0.6) is 0 Å². The SMILES string of the molecule is Cn1cnnc1SC[C@H]1C[C@@H](c2ccc(CO)cc2)O[C@@H](c2ccc(CNC(=O)C(Cl)(Cl)Cl)cc2)O1. The van der Waals surface area contributed by atoms with E-state index in [2.05, 4.69) is 15.5 Å². The number of nitrogens with zero attached hydrogens (tertiary/aromatic N) is 3. The number of nitrogens with one attached hydrogen (secondary N) is 1. The zero-order valence-corrected chi connectivity index (χ0v) is 22.4. The Balaban J connectivity index is 1.47. The lowest BCUT2D eigenvalue weighted by Crippen LogP contribution is -2.34. The number of carbonyl (C=O) groups excluding carboxylic acids is 1. The Morgan fingerprint density at radius 1 is 1.11 bits per heavy atom. The summed E-state index contributed by atoms with van der Waals surface area (Å²) in [6.45, 7) is 0.208. The average molecular weight is 572 g/mol. The number of aromatic nitrogens is 3. The Morgan fingerprint density at radius 3 is 2.39 bits per heavy atom. The number of halogens is 3. The van der Waals surface area contributed by atoms with Crippen LogP contribution in [0, 0.1) is 0 Å². The monoisotopic (exact) mass is 570 g/mol. The minimum Gasteiger partial charge on any atom is -0.392 e. The molecule has 0 unspecified atom stereocenters. The van der Waals surface area contributed by atoms with Gasteiger partial charge in [0.25, 0.3) is 9.70 Å². The van der Waals surface area contributed by atoms with Crippen molar-refractivity contribution in [2.75, 3.05) is 5.75 Å². The second-order valence-corrected chi connectivity index (χ2v) is 11.6. The fraction of sp³-hybridized carbons (Fsp3) is 0.375. The third kappa shape index (κ3) is 7.13. The molecule has 0 bridgehead atoms. The van der Waals surface area contributed by atoms with E-state index in [4.69, 9.17) is 44.3 Å². The first-order chi connectivity index (χ1) is 17.2. The highest BCUT2D eigenvalue weighted by Gasteiger charge is 2.33. The van der Waals surface area contributed by atoms with Crippen molar-refractivity contribution >= 4 is 52.5 Å². The molecule has 0 aliphatic carbocycles. The minimum atomic E-state index is -2.01. The van der Waals surface area contributed by atoms with E-state index >= 15 is 0 Å². The van der Waals surface area contributed by atoms with Crippen molar-refractivity contribution in [2.24, 2.45) is 7.05 Å². The summed E-state index contributed by atoms with van der Waals surface area (Å²) in [7, 11) is 1.90. The number of hydrogen-bond donors (Lipinski definition) is 2. The van der Waals surface area contributed by atoms with Crippen molar-refractivity contribution in [3.63, 3.8) is 0 Å². The summed E-state index contributed by atoms with van der Waals surface area (Å²) < 4.78 is 12.5. The maximum atomic E-state index is 11.8. The summed E-state index contributed by atoms with van der Waals surface area (Å²) in [6.07, 6.45) is 1.46. The van der Waals surface area contributed by atoms with E-state index in [9.17, 15) is 9.90 Å². The summed E-state index contributed by atoms with van der Waals surface area (Å²) >= 11 is 18.4. The van der Waals surface area contributed by atoms with Gasteiger partial charge in [0.05, 0.1) is 18.8 Å². The number of alkyl halides is 3. The largest absolute Gasteiger partial charge is 0.392 e. The quantitative estimate of drug-likeness (QED) is 0.300. The van der Waals surface area contributed by atoms with E-state index in [-0.39, 0.29) is 25.4 Å². The smallest absolute Gasteiger partial charge is 0.272 e. The van der Waals surface area contributed by atoms with Gasteiger partial charge in [0.15, 0.2) is 11.4 Å². The third-order valence-corrected chi connectivity index (χ3v) is 7.33. The van der Waals surface area contributed by atoms with Gasteiger partial charge < -0.3 is 24.5 Å². The fourth-order valence-corrected chi connectivity index (χ4v) is 4.77. The minimum absolute atomic E-state index is 0.0109. The van der Waals surface area contributed by atoms with Crippen LogP contribution in [-0.4, -0.2) is 41.4 Å². The van der Waals surface area contributed by atoms with Crippen LogP contribution in [0.4, 0.5) is 0 Å². The molecule has 1 amide bonds. The topological polar surface area (TPSA) is 98.5 Å². The first kappa shape index (κ1) is 27.2. The highest BCUT2D eigenvalue weighted by molar-refractivity contribution is 7.99. The number of aliphatic hydroxyl groups excluding tert-OH is 1. The highest BCUT2D eigenvalue weighted by atomic mass is 35.6. The van der Waals surface area contributed by atoms with Crippen LogP contribution in [0.2, 0.25) is 0 Å². The number of hydrogen-bond acceptors (Lipinski definition) is 7. The Bertz CT molecular complexity index is 1160. The summed E-state index contributed by atoms with van der Waals surface area (Å²) in [4.78, 5) is 11.8. The van der Waals surface area contributed by atoms with E-state index in [1.807, 2.05) is 60.1 Å². The maximum absolute atomic E-state index is 11.8. The number of carbonyl (C=O) groups is 1. The third-order valence-electron chi connectivity index (χ3n) is 5.65. The lowest BCUT2D eigenvalue weighted by molar-refractivity contribution is -0.245. The number of ether oxygens (including phenoxy) is 2. The molecule has 2 heterocycles. The zero-order valence-electron chi connectivity index (χ0n) is 19.3. The van der Waals surface area contributed by atoms with Gasteiger partial charge in [-0.25, -0.2) is 0 Å². The van der Waals surface area contributed by atoms with E-state index in [0.717, 1.165) is 27.4 Å². The van der Waals surface area contributed by atoms with Crippen LogP contribution >= 0.6 is 46.6 Å². The number of rotatable bonds is 8. The van der Waals surface area contributed by atoms with Gasteiger partial charge in [-0.1, -0.05) is 95.1 Å². The number of aliphatic hydroxyl groups is 1. The molecule has 3 atom stereocenters. The molecule has 4 rings (SSSR count). The molecule has 0 spiro atoms. The molecular formula is C24H25Cl3N4O4S. The molecule has 8 nitrogen and oxygen atoms in total. The second kappa shape index (κ2) is 12.1. The number of thioether (sulfide) groups is 1. The van der Waals surface area contributed by atoms with Gasteiger partial charge in [-0.05, 0) is 16.7 Å². The van der Waals surface area contributed by atoms with E-state index in [0.29, 0.717) is 12.2 Å². The first-order valence-electron chi connectivity index (χ1n) is 11.1. The van der Waals surface area contributed by atoms with Gasteiger partial charge in [-0.15, -0.1) is 10.2 Å². The van der Waals surface area contributed by atoms with Gasteiger partial charge >= 0.3 is 0 Å². The molecule has 1 fully saturated rings. The van der Waals surface area contributed by atoms with E-state index in [1.54, 1.807) is 18.1 Å². The van der Waals surface area contributed by atoms with Crippen molar-refractivity contribution < 1.29 is 19.4 Å². The first-order valence-corrected chi connectivity index (χ1v) is 13.3. The normalized spacial score (nSPS) is 20.3. The molecule has 12 heteroatoms. The van der Waals surface area contributed by atoms with Crippen LogP contribution in [-0.2, 0) is 34.5 Å². The van der Waals surface area contributed by atoms with Crippen molar-refractivity contribution in [1.82, 2.24) is 20.1 Å². The Hall–Kier alpha value is -1.85. The summed E-state index contributed by atoms with van der Waals surface area (Å²) in [5.74, 6) is -0.00694. The molecule has 36 heavy (non-hydrogen) atoms. The van der Waals surface area contributed by atoms with E-state index < -0.39 is 16.0 Å². The fourth-order valence-electron chi connectivity index (χ4n) is 3.67. The summed E-state index contributed by atoms with van der Waals surface area (Å²) in [5, 5.41) is 20.8. The summed E-state index contributed by atoms with van der Waals surface area (Å²) in [6, 6.07) is 15.3. The number of aryl methyl sites for hydroxylation is 1. The molecule has 1 saturated heterocycles.